The molecule has 0 atom stereocenters. The van der Waals surface area contributed by atoms with E-state index in [1.165, 1.54) is 17.7 Å². The molecule has 0 aliphatic carbocycles. The molecule has 0 unspecified atom stereocenters. The Labute approximate surface area is 192 Å². The van der Waals surface area contributed by atoms with Crippen molar-refractivity contribution in [2.24, 2.45) is 0 Å². The zero-order chi connectivity index (χ0) is 22.6. The minimum atomic E-state index is -3.78. The van der Waals surface area contributed by atoms with Gasteiger partial charge in [0, 0.05) is 35.6 Å². The van der Waals surface area contributed by atoms with Crippen LogP contribution >= 0.6 is 23.2 Å². The number of anilines is 3. The monoisotopic (exact) mass is 479 g/mol. The minimum Gasteiger partial charge on any atom is -0.353 e. The number of aromatic nitrogens is 2. The van der Waals surface area contributed by atoms with E-state index in [1.54, 1.807) is 6.92 Å². The van der Waals surface area contributed by atoms with Crippen molar-refractivity contribution in [1.82, 2.24) is 14.7 Å². The summed E-state index contributed by atoms with van der Waals surface area (Å²) in [5.41, 5.74) is 3.49. The number of hydrogen-bond acceptors (Lipinski definition) is 6. The van der Waals surface area contributed by atoms with Gasteiger partial charge in [0.1, 0.15) is 10.7 Å². The number of rotatable bonds is 8. The van der Waals surface area contributed by atoms with Crippen LogP contribution in [0.25, 0.3) is 0 Å². The molecule has 0 saturated carbocycles. The quantitative estimate of drug-likeness (QED) is 0.399. The van der Waals surface area contributed by atoms with Gasteiger partial charge in [-0.25, -0.2) is 18.1 Å². The topological polar surface area (TPSA) is 96.0 Å². The highest BCUT2D eigenvalue weighted by Crippen LogP contribution is 2.28. The van der Waals surface area contributed by atoms with Gasteiger partial charge in [-0.05, 0) is 50.6 Å². The molecular formula is C21H23Cl2N5O2S. The third-order valence-electron chi connectivity index (χ3n) is 4.38. The molecule has 3 rings (SSSR count). The largest absolute Gasteiger partial charge is 0.353 e. The molecule has 3 aromatic rings. The molecule has 7 nitrogen and oxygen atoms in total. The fraction of sp³-hybridized carbons (Fsp3) is 0.238. The molecule has 3 N–H and O–H groups in total. The van der Waals surface area contributed by atoms with Gasteiger partial charge in [-0.15, -0.1) is 0 Å². The summed E-state index contributed by atoms with van der Waals surface area (Å²) in [5.74, 6) is 1.04. The molecular weight excluding hydrogens is 457 g/mol. The Kier molecular flexibility index (Phi) is 7.38. The first-order valence-electron chi connectivity index (χ1n) is 9.52. The Bertz CT molecular complexity index is 1190. The number of hydrogen-bond donors (Lipinski definition) is 3. The number of benzene rings is 2. The molecule has 1 heterocycles. The first-order valence-corrected chi connectivity index (χ1v) is 11.8. The lowest BCUT2D eigenvalue weighted by molar-refractivity contribution is 0.583. The average Bonchev–Trinajstić information content (AvgIpc) is 2.69. The van der Waals surface area contributed by atoms with Gasteiger partial charge in [0.05, 0.1) is 5.02 Å². The van der Waals surface area contributed by atoms with Gasteiger partial charge >= 0.3 is 0 Å². The van der Waals surface area contributed by atoms with Crippen LogP contribution in [0.1, 0.15) is 16.8 Å². The second-order valence-corrected chi connectivity index (χ2v) is 9.62. The number of sulfonamides is 1. The van der Waals surface area contributed by atoms with Crippen molar-refractivity contribution in [1.29, 1.82) is 0 Å². The summed E-state index contributed by atoms with van der Waals surface area (Å²) in [5, 5.41) is 6.76. The Morgan fingerprint density at radius 1 is 0.903 bits per heavy atom. The first-order chi connectivity index (χ1) is 14.6. The predicted molar refractivity (Wildman–Crippen MR) is 126 cm³/mol. The Morgan fingerprint density at radius 2 is 1.61 bits per heavy atom. The maximum Gasteiger partial charge on any atom is 0.242 e. The highest BCUT2D eigenvalue weighted by atomic mass is 35.5. The van der Waals surface area contributed by atoms with Gasteiger partial charge in [-0.1, -0.05) is 40.9 Å². The fourth-order valence-electron chi connectivity index (χ4n) is 2.77. The van der Waals surface area contributed by atoms with Crippen LogP contribution in [0.4, 0.5) is 17.5 Å². The number of nitrogens with one attached hydrogen (secondary N) is 3. The molecule has 0 aliphatic heterocycles. The van der Waals surface area contributed by atoms with Crippen LogP contribution in [0.5, 0.6) is 0 Å². The summed E-state index contributed by atoms with van der Waals surface area (Å²) in [6.45, 7) is 6.02. The number of halogens is 2. The van der Waals surface area contributed by atoms with Gasteiger partial charge < -0.3 is 10.6 Å². The highest BCUT2D eigenvalue weighted by Gasteiger charge is 2.19. The Morgan fingerprint density at radius 3 is 2.32 bits per heavy atom. The molecule has 31 heavy (non-hydrogen) atoms. The standard InChI is InChI=1S/C21H23Cl2N5O2S/c1-13-4-6-16(7-5-13)27-20-11-15(3)26-21(28-20)24-8-9-25-31(29,30)19-10-14(2)17(22)12-18(19)23/h4-7,10-12,25H,8-9H2,1-3H3,(H2,24,26,27,28). The van der Waals surface area contributed by atoms with Crippen molar-refractivity contribution in [3.8, 4) is 0 Å². The smallest absolute Gasteiger partial charge is 0.242 e. The normalized spacial score (nSPS) is 11.4. The lowest BCUT2D eigenvalue weighted by Gasteiger charge is -2.12. The molecule has 1 aromatic heterocycles. The molecule has 164 valence electrons. The van der Waals surface area contributed by atoms with Crippen LogP contribution in [0.2, 0.25) is 10.0 Å². The zero-order valence-corrected chi connectivity index (χ0v) is 19.7. The van der Waals surface area contributed by atoms with E-state index in [-0.39, 0.29) is 23.0 Å². The second-order valence-electron chi connectivity index (χ2n) is 7.07. The molecule has 10 heteroatoms. The van der Waals surface area contributed by atoms with Gasteiger partial charge in [0.25, 0.3) is 0 Å². The van der Waals surface area contributed by atoms with E-state index in [9.17, 15) is 8.42 Å². The summed E-state index contributed by atoms with van der Waals surface area (Å²) in [6, 6.07) is 12.7. The van der Waals surface area contributed by atoms with Crippen molar-refractivity contribution >= 4 is 50.7 Å². The SMILES string of the molecule is Cc1ccc(Nc2cc(C)nc(NCCNS(=O)(=O)c3cc(C)c(Cl)cc3Cl)n2)cc1. The van der Waals surface area contributed by atoms with Crippen molar-refractivity contribution in [3.63, 3.8) is 0 Å². The van der Waals surface area contributed by atoms with Gasteiger partial charge in [0.2, 0.25) is 16.0 Å². The summed E-state index contributed by atoms with van der Waals surface area (Å²) in [4.78, 5) is 8.77. The molecule has 0 saturated heterocycles. The van der Waals surface area contributed by atoms with E-state index in [1.807, 2.05) is 44.2 Å². The second kappa shape index (κ2) is 9.82. The zero-order valence-electron chi connectivity index (χ0n) is 17.3. The third-order valence-corrected chi connectivity index (χ3v) is 6.71. The van der Waals surface area contributed by atoms with Crippen molar-refractivity contribution in [2.45, 2.75) is 25.7 Å². The van der Waals surface area contributed by atoms with Crippen LogP contribution in [-0.2, 0) is 10.0 Å². The molecule has 0 amide bonds. The van der Waals surface area contributed by atoms with E-state index >= 15 is 0 Å². The van der Waals surface area contributed by atoms with E-state index in [4.69, 9.17) is 23.2 Å². The lowest BCUT2D eigenvalue weighted by Crippen LogP contribution is -2.29. The summed E-state index contributed by atoms with van der Waals surface area (Å²) < 4.78 is 27.6. The van der Waals surface area contributed by atoms with E-state index < -0.39 is 10.0 Å². The van der Waals surface area contributed by atoms with Crippen molar-refractivity contribution < 1.29 is 8.42 Å². The van der Waals surface area contributed by atoms with Crippen molar-refractivity contribution in [2.75, 3.05) is 23.7 Å². The summed E-state index contributed by atoms with van der Waals surface area (Å²) >= 11 is 12.0. The number of aryl methyl sites for hydroxylation is 3. The lowest BCUT2D eigenvalue weighted by atomic mass is 10.2. The van der Waals surface area contributed by atoms with Crippen LogP contribution in [0.3, 0.4) is 0 Å². The Balaban J connectivity index is 1.61. The molecule has 0 radical (unpaired) electrons. The Hall–Kier alpha value is -2.39. The number of nitrogens with zero attached hydrogens (tertiary/aromatic N) is 2. The van der Waals surface area contributed by atoms with Gasteiger partial charge in [-0.3, -0.25) is 0 Å². The summed E-state index contributed by atoms with van der Waals surface area (Å²) in [6.07, 6.45) is 0. The summed E-state index contributed by atoms with van der Waals surface area (Å²) in [7, 11) is -3.78. The van der Waals surface area contributed by atoms with Crippen LogP contribution in [-0.4, -0.2) is 31.5 Å². The molecule has 2 aromatic carbocycles. The maximum absolute atomic E-state index is 12.6. The van der Waals surface area contributed by atoms with Crippen LogP contribution in [0, 0.1) is 20.8 Å². The fourth-order valence-corrected chi connectivity index (χ4v) is 4.63. The molecule has 0 bridgehead atoms. The average molecular weight is 480 g/mol. The third kappa shape index (κ3) is 6.30. The van der Waals surface area contributed by atoms with Gasteiger partial charge in [-0.2, -0.15) is 4.98 Å². The van der Waals surface area contributed by atoms with Gasteiger partial charge in [0.15, 0.2) is 0 Å². The maximum atomic E-state index is 12.6. The van der Waals surface area contributed by atoms with E-state index in [0.717, 1.165) is 11.4 Å². The predicted octanol–water partition coefficient (Wildman–Crippen LogP) is 4.84. The van der Waals surface area contributed by atoms with E-state index in [0.29, 0.717) is 22.4 Å². The van der Waals surface area contributed by atoms with Crippen LogP contribution < -0.4 is 15.4 Å². The first kappa shape index (κ1) is 23.3. The molecule has 0 fully saturated rings. The minimum absolute atomic E-state index is 0.00698. The van der Waals surface area contributed by atoms with E-state index in [2.05, 4.69) is 25.3 Å². The van der Waals surface area contributed by atoms with Crippen molar-refractivity contribution in [3.05, 3.63) is 69.3 Å². The van der Waals surface area contributed by atoms with Crippen LogP contribution in [0.15, 0.2) is 47.4 Å². The molecule has 0 spiro atoms. The molecule has 0 aliphatic rings. The highest BCUT2D eigenvalue weighted by molar-refractivity contribution is 7.89.